The highest BCUT2D eigenvalue weighted by atomic mass is 16.5. The van der Waals surface area contributed by atoms with Crippen LogP contribution in [0.15, 0.2) is 48.8 Å². The van der Waals surface area contributed by atoms with Crippen molar-refractivity contribution >= 4 is 5.69 Å². The molecule has 3 atom stereocenters. The molecule has 4 nitrogen and oxygen atoms in total. The van der Waals surface area contributed by atoms with Gasteiger partial charge in [-0.15, -0.1) is 0 Å². The molecule has 0 amide bonds. The summed E-state index contributed by atoms with van der Waals surface area (Å²) < 4.78 is 6.19. The topological polar surface area (TPSA) is 37.4 Å². The maximum atomic E-state index is 6.19. The highest BCUT2D eigenvalue weighted by molar-refractivity contribution is 5.45. The molecule has 1 saturated heterocycles. The van der Waals surface area contributed by atoms with E-state index in [1.807, 2.05) is 12.4 Å². The quantitative estimate of drug-likeness (QED) is 0.942. The van der Waals surface area contributed by atoms with Crippen LogP contribution in [0, 0.1) is 5.92 Å². The summed E-state index contributed by atoms with van der Waals surface area (Å²) in [6.07, 6.45) is 4.96. The smallest absolute Gasteiger partial charge is 0.0868 e. The van der Waals surface area contributed by atoms with E-state index in [0.29, 0.717) is 12.0 Å². The summed E-state index contributed by atoms with van der Waals surface area (Å²) in [4.78, 5) is 6.58. The van der Waals surface area contributed by atoms with Crippen LogP contribution in [0.3, 0.4) is 0 Å². The van der Waals surface area contributed by atoms with E-state index < -0.39 is 0 Å². The van der Waals surface area contributed by atoms with Crippen molar-refractivity contribution in [3.63, 3.8) is 0 Å². The number of hydrogen-bond donors (Lipinski definition) is 1. The molecule has 0 saturated carbocycles. The number of ether oxygens (including phenoxy) is 1. The first kappa shape index (κ1) is 15.6. The highest BCUT2D eigenvalue weighted by Gasteiger charge is 2.33. The zero-order chi connectivity index (χ0) is 16.4. The normalized spacial score (nSPS) is 25.1. The third-order valence-electron chi connectivity index (χ3n) is 5.38. The maximum absolute atomic E-state index is 6.19. The molecule has 1 aromatic heterocycles. The van der Waals surface area contributed by atoms with Crippen LogP contribution >= 0.6 is 0 Å². The molecule has 1 N–H and O–H groups in total. The van der Waals surface area contributed by atoms with Crippen molar-refractivity contribution in [1.82, 2.24) is 10.3 Å². The fraction of sp³-hybridized carbons (Fsp3) is 0.450. The molecule has 0 spiro atoms. The second kappa shape index (κ2) is 6.91. The number of nitrogens with zero attached hydrogens (tertiary/aromatic N) is 2. The lowest BCUT2D eigenvalue weighted by atomic mass is 9.85. The van der Waals surface area contributed by atoms with Crippen LogP contribution < -0.4 is 10.2 Å². The van der Waals surface area contributed by atoms with Crippen molar-refractivity contribution in [3.8, 4) is 0 Å². The van der Waals surface area contributed by atoms with E-state index in [1.165, 1.54) is 16.8 Å². The van der Waals surface area contributed by atoms with Gasteiger partial charge in [-0.1, -0.05) is 31.2 Å². The lowest BCUT2D eigenvalue weighted by Crippen LogP contribution is -2.54. The maximum Gasteiger partial charge on any atom is 0.0868 e. The molecule has 1 fully saturated rings. The SMILES string of the molecule is CC(C1CN(c2ccncc2)CCN1)C1OCCc2ccccc21. The third kappa shape index (κ3) is 3.04. The first-order valence-corrected chi connectivity index (χ1v) is 8.90. The number of pyridine rings is 1. The molecule has 1 aromatic carbocycles. The molecular weight excluding hydrogens is 298 g/mol. The molecule has 4 heteroatoms. The monoisotopic (exact) mass is 323 g/mol. The Bertz CT molecular complexity index is 676. The van der Waals surface area contributed by atoms with E-state index >= 15 is 0 Å². The lowest BCUT2D eigenvalue weighted by molar-refractivity contribution is -0.00538. The summed E-state index contributed by atoms with van der Waals surface area (Å²) in [5.41, 5.74) is 4.08. The zero-order valence-electron chi connectivity index (χ0n) is 14.2. The minimum atomic E-state index is 0.185. The molecule has 3 unspecified atom stereocenters. The summed E-state index contributed by atoms with van der Waals surface area (Å²) in [5.74, 6) is 0.427. The summed E-state index contributed by atoms with van der Waals surface area (Å²) in [7, 11) is 0. The van der Waals surface area contributed by atoms with Crippen molar-refractivity contribution in [3.05, 3.63) is 59.9 Å². The number of benzene rings is 1. The minimum Gasteiger partial charge on any atom is -0.373 e. The van der Waals surface area contributed by atoms with Gasteiger partial charge in [-0.2, -0.15) is 0 Å². The fourth-order valence-electron chi connectivity index (χ4n) is 3.99. The van der Waals surface area contributed by atoms with Crippen molar-refractivity contribution in [1.29, 1.82) is 0 Å². The standard InChI is InChI=1S/C20H25N3O/c1-15(20-18-5-3-2-4-16(18)8-13-24-20)19-14-23(12-11-22-19)17-6-9-21-10-7-17/h2-7,9-10,15,19-20,22H,8,11-14H2,1H3. The van der Waals surface area contributed by atoms with Gasteiger partial charge < -0.3 is 15.0 Å². The minimum absolute atomic E-state index is 0.185. The van der Waals surface area contributed by atoms with Crippen LogP contribution in [0.5, 0.6) is 0 Å². The average Bonchev–Trinajstić information content (AvgIpc) is 2.68. The number of hydrogen-bond acceptors (Lipinski definition) is 4. The van der Waals surface area contributed by atoms with Crippen molar-refractivity contribution in [2.45, 2.75) is 25.5 Å². The Morgan fingerprint density at radius 3 is 2.92 bits per heavy atom. The predicted octanol–water partition coefficient (Wildman–Crippen LogP) is 2.81. The Labute approximate surface area is 143 Å². The highest BCUT2D eigenvalue weighted by Crippen LogP contribution is 2.35. The number of fused-ring (bicyclic) bond motifs is 1. The van der Waals surface area contributed by atoms with Crippen LogP contribution in [0.2, 0.25) is 0 Å². The number of piperazine rings is 1. The molecule has 0 radical (unpaired) electrons. The number of anilines is 1. The summed E-state index contributed by atoms with van der Waals surface area (Å²) >= 11 is 0. The lowest BCUT2D eigenvalue weighted by Gasteiger charge is -2.41. The Morgan fingerprint density at radius 1 is 1.21 bits per heavy atom. The number of rotatable bonds is 3. The van der Waals surface area contributed by atoms with Crippen LogP contribution in [0.1, 0.15) is 24.2 Å². The first-order chi connectivity index (χ1) is 11.8. The molecule has 4 rings (SSSR count). The first-order valence-electron chi connectivity index (χ1n) is 8.90. The van der Waals surface area contributed by atoms with Gasteiger partial charge >= 0.3 is 0 Å². The molecule has 2 aromatic rings. The van der Waals surface area contributed by atoms with Crippen LogP contribution in [0.25, 0.3) is 0 Å². The van der Waals surface area contributed by atoms with Gasteiger partial charge in [-0.25, -0.2) is 0 Å². The van der Waals surface area contributed by atoms with Gasteiger partial charge in [0.05, 0.1) is 12.7 Å². The molecule has 0 aliphatic carbocycles. The predicted molar refractivity (Wildman–Crippen MR) is 96.2 cm³/mol. The van der Waals surface area contributed by atoms with Gasteiger partial charge in [0.2, 0.25) is 0 Å². The second-order valence-corrected chi connectivity index (χ2v) is 6.81. The van der Waals surface area contributed by atoms with Gasteiger partial charge in [-0.3, -0.25) is 4.98 Å². The van der Waals surface area contributed by atoms with Crippen LogP contribution in [-0.2, 0) is 11.2 Å². The third-order valence-corrected chi connectivity index (χ3v) is 5.38. The Balaban J connectivity index is 1.51. The Kier molecular flexibility index (Phi) is 4.50. The number of nitrogens with one attached hydrogen (secondary N) is 1. The summed E-state index contributed by atoms with van der Waals surface area (Å²) in [6, 6.07) is 13.4. The molecule has 2 aliphatic rings. The van der Waals surface area contributed by atoms with Gasteiger partial charge in [-0.05, 0) is 29.7 Å². The summed E-state index contributed by atoms with van der Waals surface area (Å²) in [6.45, 7) is 6.20. The van der Waals surface area contributed by atoms with E-state index in [4.69, 9.17) is 4.74 Å². The molecule has 24 heavy (non-hydrogen) atoms. The van der Waals surface area contributed by atoms with Gasteiger partial charge in [0.1, 0.15) is 0 Å². The van der Waals surface area contributed by atoms with E-state index in [1.54, 1.807) is 0 Å². The van der Waals surface area contributed by atoms with Crippen molar-refractivity contribution in [2.24, 2.45) is 5.92 Å². The molecule has 3 heterocycles. The summed E-state index contributed by atoms with van der Waals surface area (Å²) in [5, 5.41) is 3.71. The van der Waals surface area contributed by atoms with E-state index in [-0.39, 0.29) is 6.10 Å². The van der Waals surface area contributed by atoms with Gasteiger partial charge in [0.25, 0.3) is 0 Å². The van der Waals surface area contributed by atoms with Gasteiger partial charge in [0.15, 0.2) is 0 Å². The fourth-order valence-corrected chi connectivity index (χ4v) is 3.99. The van der Waals surface area contributed by atoms with Gasteiger partial charge in [0, 0.05) is 49.7 Å². The molecule has 0 bridgehead atoms. The Hall–Kier alpha value is -1.91. The van der Waals surface area contributed by atoms with Crippen molar-refractivity contribution < 1.29 is 4.74 Å². The van der Waals surface area contributed by atoms with Crippen molar-refractivity contribution in [2.75, 3.05) is 31.1 Å². The second-order valence-electron chi connectivity index (χ2n) is 6.81. The average molecular weight is 323 g/mol. The largest absolute Gasteiger partial charge is 0.373 e. The van der Waals surface area contributed by atoms with E-state index in [0.717, 1.165) is 32.7 Å². The molecule has 126 valence electrons. The molecule has 2 aliphatic heterocycles. The Morgan fingerprint density at radius 2 is 2.04 bits per heavy atom. The van der Waals surface area contributed by atoms with Crippen LogP contribution in [0.4, 0.5) is 5.69 Å². The van der Waals surface area contributed by atoms with E-state index in [9.17, 15) is 0 Å². The van der Waals surface area contributed by atoms with E-state index in [2.05, 4.69) is 58.5 Å². The van der Waals surface area contributed by atoms with Crippen LogP contribution in [-0.4, -0.2) is 37.3 Å². The molecular formula is C20H25N3O. The number of aromatic nitrogens is 1. The zero-order valence-corrected chi connectivity index (χ0v) is 14.2.